The van der Waals surface area contributed by atoms with Crippen LogP contribution in [-0.4, -0.2) is 19.7 Å². The van der Waals surface area contributed by atoms with Crippen LogP contribution in [0.2, 0.25) is 5.15 Å². The van der Waals surface area contributed by atoms with E-state index in [0.717, 1.165) is 35.9 Å². The molecule has 6 heteroatoms. The van der Waals surface area contributed by atoms with E-state index in [1.165, 1.54) is 0 Å². The topological polar surface area (TPSA) is 56.3 Å². The summed E-state index contributed by atoms with van der Waals surface area (Å²) in [6.45, 7) is 1.95. The highest BCUT2D eigenvalue weighted by Gasteiger charge is 2.28. The number of pyridine rings is 1. The van der Waals surface area contributed by atoms with E-state index in [-0.39, 0.29) is 6.61 Å². The third-order valence-corrected chi connectivity index (χ3v) is 3.52. The molecular weight excluding hydrogens is 262 g/mol. The maximum absolute atomic E-state index is 11.0. The molecule has 0 saturated heterocycles. The fourth-order valence-corrected chi connectivity index (χ4v) is 2.29. The summed E-state index contributed by atoms with van der Waals surface area (Å²) in [7, 11) is -3.43. The van der Waals surface area contributed by atoms with Crippen LogP contribution in [0.5, 0.6) is 0 Å². The normalized spacial score (nSPS) is 16.2. The Balaban J connectivity index is 2.27. The minimum absolute atomic E-state index is 0.0205. The second-order valence-electron chi connectivity index (χ2n) is 4.35. The molecule has 4 nitrogen and oxygen atoms in total. The summed E-state index contributed by atoms with van der Waals surface area (Å²) in [5.41, 5.74) is 2.75. The monoisotopic (exact) mass is 275 g/mol. The molecule has 0 aliphatic heterocycles. The summed E-state index contributed by atoms with van der Waals surface area (Å²) in [5.74, 6) is 0.477. The third kappa shape index (κ3) is 3.40. The van der Waals surface area contributed by atoms with Crippen molar-refractivity contribution in [2.24, 2.45) is 0 Å². The maximum atomic E-state index is 11.0. The maximum Gasteiger partial charge on any atom is 0.264 e. The van der Waals surface area contributed by atoms with E-state index in [1.54, 1.807) is 6.07 Å². The molecule has 0 spiro atoms. The van der Waals surface area contributed by atoms with Crippen LogP contribution in [0.15, 0.2) is 6.07 Å². The van der Waals surface area contributed by atoms with Gasteiger partial charge in [0.2, 0.25) is 0 Å². The molecule has 1 aromatic heterocycles. The summed E-state index contributed by atoms with van der Waals surface area (Å²) in [4.78, 5) is 4.30. The molecule has 1 fully saturated rings. The van der Waals surface area contributed by atoms with Crippen LogP contribution in [0.4, 0.5) is 0 Å². The standard InChI is InChI=1S/C11H14ClNO3S/c1-7-9(6-16-17(2,14)15)5-10(12)13-11(7)8-3-4-8/h5,8H,3-4,6H2,1-2H3. The first-order valence-electron chi connectivity index (χ1n) is 5.37. The number of halogens is 1. The van der Waals surface area contributed by atoms with Crippen molar-refractivity contribution < 1.29 is 12.6 Å². The molecule has 0 atom stereocenters. The molecule has 1 aromatic rings. The lowest BCUT2D eigenvalue weighted by atomic mass is 10.1. The summed E-state index contributed by atoms with van der Waals surface area (Å²) in [5, 5.41) is 0.393. The van der Waals surface area contributed by atoms with Crippen LogP contribution in [0.1, 0.15) is 35.6 Å². The van der Waals surface area contributed by atoms with Crippen molar-refractivity contribution in [3.8, 4) is 0 Å². The predicted molar refractivity (Wildman–Crippen MR) is 65.6 cm³/mol. The van der Waals surface area contributed by atoms with Crippen molar-refractivity contribution in [2.75, 3.05) is 6.26 Å². The smallest absolute Gasteiger partial charge is 0.264 e. The Labute approximate surface area is 106 Å². The summed E-state index contributed by atoms with van der Waals surface area (Å²) in [6.07, 6.45) is 3.29. The SMILES string of the molecule is Cc1c(COS(C)(=O)=O)cc(Cl)nc1C1CC1. The van der Waals surface area contributed by atoms with E-state index in [1.807, 2.05) is 6.92 Å². The highest BCUT2D eigenvalue weighted by atomic mass is 35.5. The van der Waals surface area contributed by atoms with Crippen molar-refractivity contribution in [1.29, 1.82) is 0 Å². The summed E-state index contributed by atoms with van der Waals surface area (Å²) in [6, 6.07) is 1.66. The van der Waals surface area contributed by atoms with Crippen LogP contribution >= 0.6 is 11.6 Å². The van der Waals surface area contributed by atoms with Crippen molar-refractivity contribution in [2.45, 2.75) is 32.3 Å². The Morgan fingerprint density at radius 2 is 2.18 bits per heavy atom. The molecule has 2 rings (SSSR count). The van der Waals surface area contributed by atoms with Gasteiger partial charge < -0.3 is 0 Å². The van der Waals surface area contributed by atoms with Crippen molar-refractivity contribution >= 4 is 21.7 Å². The van der Waals surface area contributed by atoms with E-state index in [0.29, 0.717) is 11.1 Å². The van der Waals surface area contributed by atoms with E-state index < -0.39 is 10.1 Å². The molecular formula is C11H14ClNO3S. The second-order valence-corrected chi connectivity index (χ2v) is 6.39. The first-order chi connectivity index (χ1) is 7.87. The van der Waals surface area contributed by atoms with Crippen LogP contribution in [0.25, 0.3) is 0 Å². The molecule has 0 aromatic carbocycles. The van der Waals surface area contributed by atoms with Crippen molar-refractivity contribution in [1.82, 2.24) is 4.98 Å². The summed E-state index contributed by atoms with van der Waals surface area (Å²) < 4.78 is 26.7. The van der Waals surface area contributed by atoms with Gasteiger partial charge in [-0.25, -0.2) is 4.98 Å². The Morgan fingerprint density at radius 1 is 1.53 bits per heavy atom. The molecule has 0 radical (unpaired) electrons. The number of hydrogen-bond acceptors (Lipinski definition) is 4. The molecule has 1 aliphatic carbocycles. The molecule has 1 heterocycles. The first-order valence-corrected chi connectivity index (χ1v) is 7.56. The van der Waals surface area contributed by atoms with Gasteiger partial charge in [0.25, 0.3) is 10.1 Å². The zero-order chi connectivity index (χ0) is 12.6. The lowest BCUT2D eigenvalue weighted by Gasteiger charge is -2.10. The minimum Gasteiger partial charge on any atom is -0.265 e. The van der Waals surface area contributed by atoms with Crippen LogP contribution < -0.4 is 0 Å². The van der Waals surface area contributed by atoms with Crippen molar-refractivity contribution in [3.05, 3.63) is 28.0 Å². The molecule has 17 heavy (non-hydrogen) atoms. The number of hydrogen-bond donors (Lipinski definition) is 0. The van der Waals surface area contributed by atoms with E-state index in [9.17, 15) is 8.42 Å². The van der Waals surface area contributed by atoms with E-state index in [4.69, 9.17) is 15.8 Å². The lowest BCUT2D eigenvalue weighted by molar-refractivity contribution is 0.310. The van der Waals surface area contributed by atoms with Gasteiger partial charge in [-0.3, -0.25) is 4.18 Å². The second kappa shape index (κ2) is 4.55. The minimum atomic E-state index is -3.43. The predicted octanol–water partition coefficient (Wildman–Crippen LogP) is 2.40. The molecule has 0 unspecified atom stereocenters. The average molecular weight is 276 g/mol. The summed E-state index contributed by atoms with van der Waals surface area (Å²) >= 11 is 5.93. The van der Waals surface area contributed by atoms with Gasteiger partial charge in [-0.05, 0) is 37.0 Å². The van der Waals surface area contributed by atoms with Gasteiger partial charge in [0.15, 0.2) is 0 Å². The average Bonchev–Trinajstić information content (AvgIpc) is 3.01. The zero-order valence-corrected chi connectivity index (χ0v) is 11.3. The molecule has 94 valence electrons. The van der Waals surface area contributed by atoms with Gasteiger partial charge in [-0.15, -0.1) is 0 Å². The number of rotatable bonds is 4. The van der Waals surface area contributed by atoms with Crippen LogP contribution in [0.3, 0.4) is 0 Å². The fourth-order valence-electron chi connectivity index (χ4n) is 1.72. The van der Waals surface area contributed by atoms with Gasteiger partial charge in [0.1, 0.15) is 5.15 Å². The molecule has 1 saturated carbocycles. The van der Waals surface area contributed by atoms with Gasteiger partial charge >= 0.3 is 0 Å². The number of aromatic nitrogens is 1. The largest absolute Gasteiger partial charge is 0.265 e. The Bertz CT molecular complexity index is 538. The Kier molecular flexibility index (Phi) is 3.43. The van der Waals surface area contributed by atoms with E-state index in [2.05, 4.69) is 4.98 Å². The molecule has 0 bridgehead atoms. The molecule has 1 aliphatic rings. The van der Waals surface area contributed by atoms with Crippen LogP contribution in [-0.2, 0) is 20.9 Å². The highest BCUT2D eigenvalue weighted by Crippen LogP contribution is 2.41. The van der Waals surface area contributed by atoms with Crippen molar-refractivity contribution in [3.63, 3.8) is 0 Å². The molecule has 0 amide bonds. The Hall–Kier alpha value is -0.650. The van der Waals surface area contributed by atoms with Gasteiger partial charge in [-0.2, -0.15) is 8.42 Å². The fraction of sp³-hybridized carbons (Fsp3) is 0.545. The zero-order valence-electron chi connectivity index (χ0n) is 9.73. The van der Waals surface area contributed by atoms with Crippen LogP contribution in [0, 0.1) is 6.92 Å². The van der Waals surface area contributed by atoms with Gasteiger partial charge in [0.05, 0.1) is 12.9 Å². The first kappa shape index (κ1) is 12.8. The Morgan fingerprint density at radius 3 is 2.71 bits per heavy atom. The van der Waals surface area contributed by atoms with Gasteiger partial charge in [0, 0.05) is 11.6 Å². The number of nitrogens with zero attached hydrogens (tertiary/aromatic N) is 1. The lowest BCUT2D eigenvalue weighted by Crippen LogP contribution is -2.06. The molecule has 0 N–H and O–H groups in total. The third-order valence-electron chi connectivity index (χ3n) is 2.78. The highest BCUT2D eigenvalue weighted by molar-refractivity contribution is 7.85. The van der Waals surface area contributed by atoms with E-state index >= 15 is 0 Å². The quantitative estimate of drug-likeness (QED) is 0.625. The van der Waals surface area contributed by atoms with Gasteiger partial charge in [-0.1, -0.05) is 11.6 Å².